The fourth-order valence-corrected chi connectivity index (χ4v) is 4.39. The number of nitrogens with one attached hydrogen (secondary N) is 1. The second-order valence-electron chi connectivity index (χ2n) is 5.23. The van der Waals surface area contributed by atoms with Gasteiger partial charge in [-0.05, 0) is 37.3 Å². The van der Waals surface area contributed by atoms with E-state index in [4.69, 9.17) is 16.3 Å². The molecule has 0 atom stereocenters. The third-order valence-corrected chi connectivity index (χ3v) is 5.88. The molecule has 0 aliphatic heterocycles. The maximum absolute atomic E-state index is 12.6. The van der Waals surface area contributed by atoms with Crippen molar-refractivity contribution in [3.63, 3.8) is 0 Å². The Morgan fingerprint density at radius 3 is 2.48 bits per heavy atom. The Labute approximate surface area is 155 Å². The van der Waals surface area contributed by atoms with Crippen molar-refractivity contribution >= 4 is 38.6 Å². The zero-order chi connectivity index (χ0) is 18.0. The summed E-state index contributed by atoms with van der Waals surface area (Å²) in [7, 11) is -2.42. The number of hydrogen-bond acceptors (Lipinski definition) is 5. The van der Waals surface area contributed by atoms with Crippen LogP contribution in [0.5, 0.6) is 5.75 Å². The highest BCUT2D eigenvalue weighted by Crippen LogP contribution is 2.29. The molecule has 3 rings (SSSR count). The number of anilines is 1. The van der Waals surface area contributed by atoms with E-state index >= 15 is 0 Å². The number of sulfonamides is 1. The lowest BCUT2D eigenvalue weighted by molar-refractivity contribution is 0.403. The van der Waals surface area contributed by atoms with Gasteiger partial charge in [0.2, 0.25) is 0 Å². The fourth-order valence-electron chi connectivity index (χ4n) is 2.28. The van der Waals surface area contributed by atoms with Crippen LogP contribution < -0.4 is 9.46 Å². The summed E-state index contributed by atoms with van der Waals surface area (Å²) < 4.78 is 32.9. The number of halogens is 1. The van der Waals surface area contributed by atoms with Crippen molar-refractivity contribution in [2.45, 2.75) is 11.8 Å². The second kappa shape index (κ2) is 7.03. The van der Waals surface area contributed by atoms with Crippen molar-refractivity contribution in [3.8, 4) is 17.0 Å². The minimum atomic E-state index is -3.82. The second-order valence-corrected chi connectivity index (χ2v) is 8.38. The Bertz CT molecular complexity index is 999. The molecule has 8 heteroatoms. The molecule has 0 amide bonds. The number of aryl methyl sites for hydroxylation is 1. The minimum Gasteiger partial charge on any atom is -0.495 e. The Balaban J connectivity index is 1.87. The molecule has 0 saturated carbocycles. The summed E-state index contributed by atoms with van der Waals surface area (Å²) in [6, 6.07) is 11.5. The van der Waals surface area contributed by atoms with Crippen molar-refractivity contribution in [1.82, 2.24) is 4.98 Å². The monoisotopic (exact) mass is 394 g/mol. The van der Waals surface area contributed by atoms with Crippen LogP contribution in [0.25, 0.3) is 11.3 Å². The van der Waals surface area contributed by atoms with Crippen LogP contribution in [0.3, 0.4) is 0 Å². The molecule has 0 spiro atoms. The number of benzene rings is 2. The van der Waals surface area contributed by atoms with Crippen molar-refractivity contribution in [3.05, 3.63) is 57.9 Å². The molecule has 0 fully saturated rings. The SMILES string of the molecule is COc1ccc(Cl)cc1S(=O)(=O)Nc1ccc(-c2csc(C)n2)cc1. The van der Waals surface area contributed by atoms with Gasteiger partial charge in [-0.2, -0.15) is 0 Å². The average molecular weight is 395 g/mol. The highest BCUT2D eigenvalue weighted by atomic mass is 35.5. The zero-order valence-corrected chi connectivity index (χ0v) is 15.9. The van der Waals surface area contributed by atoms with E-state index < -0.39 is 10.0 Å². The van der Waals surface area contributed by atoms with Crippen LogP contribution in [-0.4, -0.2) is 20.5 Å². The van der Waals surface area contributed by atoms with Gasteiger partial charge in [0.1, 0.15) is 10.6 Å². The highest BCUT2D eigenvalue weighted by molar-refractivity contribution is 7.92. The quantitative estimate of drug-likeness (QED) is 0.687. The first-order chi connectivity index (χ1) is 11.9. The highest BCUT2D eigenvalue weighted by Gasteiger charge is 2.20. The van der Waals surface area contributed by atoms with E-state index in [-0.39, 0.29) is 10.6 Å². The van der Waals surface area contributed by atoms with Crippen molar-refractivity contribution in [1.29, 1.82) is 0 Å². The van der Waals surface area contributed by atoms with Gasteiger partial charge < -0.3 is 4.74 Å². The summed E-state index contributed by atoms with van der Waals surface area (Å²) in [5, 5.41) is 3.26. The van der Waals surface area contributed by atoms with Crippen molar-refractivity contribution in [2.24, 2.45) is 0 Å². The average Bonchev–Trinajstić information content (AvgIpc) is 3.01. The molecule has 1 heterocycles. The first-order valence-corrected chi connectivity index (χ1v) is 10.0. The smallest absolute Gasteiger partial charge is 0.265 e. The van der Waals surface area contributed by atoms with E-state index in [0.29, 0.717) is 10.7 Å². The third kappa shape index (κ3) is 3.95. The van der Waals surface area contributed by atoms with E-state index in [2.05, 4.69) is 9.71 Å². The van der Waals surface area contributed by atoms with Gasteiger partial charge in [0.15, 0.2) is 0 Å². The van der Waals surface area contributed by atoms with Crippen LogP contribution in [0, 0.1) is 6.92 Å². The van der Waals surface area contributed by atoms with Gasteiger partial charge >= 0.3 is 0 Å². The Morgan fingerprint density at radius 1 is 1.16 bits per heavy atom. The van der Waals surface area contributed by atoms with E-state index in [0.717, 1.165) is 16.3 Å². The molecule has 0 aliphatic carbocycles. The first kappa shape index (κ1) is 17.7. The van der Waals surface area contributed by atoms with E-state index in [1.165, 1.54) is 19.2 Å². The number of nitrogens with zero attached hydrogens (tertiary/aromatic N) is 1. The molecule has 2 aromatic carbocycles. The lowest BCUT2D eigenvalue weighted by Crippen LogP contribution is -2.14. The fraction of sp³-hybridized carbons (Fsp3) is 0.118. The van der Waals surface area contributed by atoms with Gasteiger partial charge in [0.05, 0.1) is 17.8 Å². The molecule has 1 N–H and O–H groups in total. The summed E-state index contributed by atoms with van der Waals surface area (Å²) >= 11 is 7.49. The summed E-state index contributed by atoms with van der Waals surface area (Å²) in [5.41, 5.74) is 2.23. The minimum absolute atomic E-state index is 0.0123. The molecule has 3 aromatic rings. The van der Waals surface area contributed by atoms with Gasteiger partial charge in [-0.25, -0.2) is 13.4 Å². The molecule has 130 valence electrons. The standard InChI is InChI=1S/C17H15ClN2O3S2/c1-11-19-15(10-24-11)12-3-6-14(7-4-12)20-25(21,22)17-9-13(18)5-8-16(17)23-2/h3-10,20H,1-2H3. The third-order valence-electron chi connectivity index (χ3n) is 3.47. The van der Waals surface area contributed by atoms with Crippen LogP contribution in [-0.2, 0) is 10.0 Å². The zero-order valence-electron chi connectivity index (χ0n) is 13.5. The number of rotatable bonds is 5. The lowest BCUT2D eigenvalue weighted by Gasteiger charge is -2.12. The number of thiazole rings is 1. The number of hydrogen-bond donors (Lipinski definition) is 1. The summed E-state index contributed by atoms with van der Waals surface area (Å²) in [6.45, 7) is 1.94. The molecule has 0 saturated heterocycles. The molecule has 25 heavy (non-hydrogen) atoms. The van der Waals surface area contributed by atoms with Crippen LogP contribution in [0.15, 0.2) is 52.7 Å². The molecular formula is C17H15ClN2O3S2. The van der Waals surface area contributed by atoms with E-state index in [1.54, 1.807) is 29.5 Å². The molecule has 0 bridgehead atoms. The normalized spacial score (nSPS) is 11.3. The van der Waals surface area contributed by atoms with Gasteiger partial charge in [-0.15, -0.1) is 11.3 Å². The van der Waals surface area contributed by atoms with Gasteiger partial charge in [0, 0.05) is 21.7 Å². The summed E-state index contributed by atoms with van der Waals surface area (Å²) in [5.74, 6) is 0.228. The van der Waals surface area contributed by atoms with Crippen LogP contribution in [0.4, 0.5) is 5.69 Å². The van der Waals surface area contributed by atoms with E-state index in [1.807, 2.05) is 24.4 Å². The summed E-state index contributed by atoms with van der Waals surface area (Å²) in [4.78, 5) is 4.40. The summed E-state index contributed by atoms with van der Waals surface area (Å²) in [6.07, 6.45) is 0. The van der Waals surface area contributed by atoms with E-state index in [9.17, 15) is 8.42 Å². The largest absolute Gasteiger partial charge is 0.495 e. The first-order valence-electron chi connectivity index (χ1n) is 7.28. The molecule has 1 aromatic heterocycles. The number of aromatic nitrogens is 1. The predicted molar refractivity (Wildman–Crippen MR) is 101 cm³/mol. The van der Waals surface area contributed by atoms with Crippen LogP contribution in [0.1, 0.15) is 5.01 Å². The maximum Gasteiger partial charge on any atom is 0.265 e. The molecule has 0 aliphatic rings. The van der Waals surface area contributed by atoms with Gasteiger partial charge in [-0.3, -0.25) is 4.72 Å². The van der Waals surface area contributed by atoms with Crippen molar-refractivity contribution < 1.29 is 13.2 Å². The topological polar surface area (TPSA) is 68.3 Å². The Kier molecular flexibility index (Phi) is 4.99. The van der Waals surface area contributed by atoms with Crippen molar-refractivity contribution in [2.75, 3.05) is 11.8 Å². The van der Waals surface area contributed by atoms with Gasteiger partial charge in [-0.1, -0.05) is 23.7 Å². The Morgan fingerprint density at radius 2 is 1.88 bits per heavy atom. The molecular weight excluding hydrogens is 380 g/mol. The molecule has 5 nitrogen and oxygen atoms in total. The Hall–Kier alpha value is -2.09. The van der Waals surface area contributed by atoms with Crippen LogP contribution in [0.2, 0.25) is 5.02 Å². The maximum atomic E-state index is 12.6. The number of ether oxygens (including phenoxy) is 1. The van der Waals surface area contributed by atoms with Crippen LogP contribution >= 0.6 is 22.9 Å². The molecule has 0 radical (unpaired) electrons. The number of methoxy groups -OCH3 is 1. The lowest BCUT2D eigenvalue weighted by atomic mass is 10.1. The molecule has 0 unspecified atom stereocenters. The predicted octanol–water partition coefficient (Wildman–Crippen LogP) is 4.58. The van der Waals surface area contributed by atoms with Gasteiger partial charge in [0.25, 0.3) is 10.0 Å².